The lowest BCUT2D eigenvalue weighted by molar-refractivity contribution is 0.0532. The van der Waals surface area contributed by atoms with E-state index in [2.05, 4.69) is 16.9 Å². The monoisotopic (exact) mass is 682 g/mol. The predicted octanol–water partition coefficient (Wildman–Crippen LogP) is 8.43. The first-order valence-electron chi connectivity index (χ1n) is 15.4. The SMILES string of the molecule is CCOC(=O)c1ccc(-c2nc(COc3ccc(COc4nn(-c5ccccc5)cc4/C=C/c4csc(CC)n4)cc3OC)c(C)o2)s1. The number of carbonyl (C=O) groups excluding carboxylic acids is 1. The average Bonchev–Trinajstić information content (AvgIpc) is 3.93. The highest BCUT2D eigenvalue weighted by molar-refractivity contribution is 7.17. The maximum Gasteiger partial charge on any atom is 0.348 e. The maximum atomic E-state index is 12.1. The highest BCUT2D eigenvalue weighted by Crippen LogP contribution is 2.32. The summed E-state index contributed by atoms with van der Waals surface area (Å²) in [7, 11) is 1.59. The number of benzene rings is 2. The van der Waals surface area contributed by atoms with E-state index in [1.54, 1.807) is 42.2 Å². The fourth-order valence-corrected chi connectivity index (χ4v) is 6.24. The molecule has 0 saturated carbocycles. The Labute approximate surface area is 286 Å². The number of carbonyl (C=O) groups is 1. The molecule has 0 bridgehead atoms. The van der Waals surface area contributed by atoms with Gasteiger partial charge in [0.25, 0.3) is 0 Å². The number of ether oxygens (including phenoxy) is 4. The molecule has 0 fully saturated rings. The van der Waals surface area contributed by atoms with Gasteiger partial charge >= 0.3 is 5.97 Å². The number of esters is 1. The van der Waals surface area contributed by atoms with Crippen LogP contribution in [0.4, 0.5) is 0 Å². The largest absolute Gasteiger partial charge is 0.493 e. The van der Waals surface area contributed by atoms with Gasteiger partial charge in [-0.2, -0.15) is 0 Å². The summed E-state index contributed by atoms with van der Waals surface area (Å²) in [5, 5.41) is 7.87. The molecule has 6 rings (SSSR count). The number of rotatable bonds is 14. The zero-order valence-corrected chi connectivity index (χ0v) is 28.6. The number of thiazole rings is 1. The third kappa shape index (κ3) is 7.67. The van der Waals surface area contributed by atoms with Crippen LogP contribution in [0.25, 0.3) is 28.6 Å². The Morgan fingerprint density at radius 2 is 1.83 bits per heavy atom. The van der Waals surface area contributed by atoms with E-state index in [4.69, 9.17) is 28.5 Å². The van der Waals surface area contributed by atoms with Crippen molar-refractivity contribution in [2.75, 3.05) is 13.7 Å². The van der Waals surface area contributed by atoms with Crippen LogP contribution in [0.1, 0.15) is 56.8 Å². The minimum Gasteiger partial charge on any atom is -0.493 e. The summed E-state index contributed by atoms with van der Waals surface area (Å²) in [6.45, 7) is 6.45. The lowest BCUT2D eigenvalue weighted by Gasteiger charge is -2.12. The number of hydrogen-bond donors (Lipinski definition) is 0. The molecule has 0 unspecified atom stereocenters. The molecule has 0 atom stereocenters. The van der Waals surface area contributed by atoms with Crippen LogP contribution in [-0.4, -0.2) is 39.4 Å². The molecule has 0 saturated heterocycles. The molecule has 0 aliphatic heterocycles. The molecule has 246 valence electrons. The molecule has 2 aromatic carbocycles. The lowest BCUT2D eigenvalue weighted by atomic mass is 10.2. The number of aryl methyl sites for hydroxylation is 2. The van der Waals surface area contributed by atoms with Crippen molar-refractivity contribution in [3.05, 3.63) is 110 Å². The molecule has 10 nitrogen and oxygen atoms in total. The van der Waals surface area contributed by atoms with E-state index in [1.165, 1.54) is 11.3 Å². The highest BCUT2D eigenvalue weighted by atomic mass is 32.1. The molecule has 12 heteroatoms. The molecular weight excluding hydrogens is 649 g/mol. The second kappa shape index (κ2) is 15.1. The Kier molecular flexibility index (Phi) is 10.3. The zero-order chi connectivity index (χ0) is 33.5. The predicted molar refractivity (Wildman–Crippen MR) is 186 cm³/mol. The van der Waals surface area contributed by atoms with Gasteiger partial charge in [-0.25, -0.2) is 19.4 Å². The molecule has 0 spiro atoms. The van der Waals surface area contributed by atoms with Crippen molar-refractivity contribution in [1.82, 2.24) is 19.7 Å². The van der Waals surface area contributed by atoms with Gasteiger partial charge in [-0.3, -0.25) is 0 Å². The zero-order valence-electron chi connectivity index (χ0n) is 27.0. The van der Waals surface area contributed by atoms with Crippen molar-refractivity contribution < 1.29 is 28.2 Å². The molecular formula is C36H34N4O6S2. The van der Waals surface area contributed by atoms with E-state index in [0.717, 1.165) is 38.8 Å². The van der Waals surface area contributed by atoms with E-state index < -0.39 is 0 Å². The van der Waals surface area contributed by atoms with Crippen molar-refractivity contribution in [1.29, 1.82) is 0 Å². The molecule has 0 amide bonds. The van der Waals surface area contributed by atoms with Crippen molar-refractivity contribution in [2.24, 2.45) is 0 Å². The number of thiophene rings is 1. The van der Waals surface area contributed by atoms with Gasteiger partial charge in [-0.1, -0.05) is 31.2 Å². The van der Waals surface area contributed by atoms with Gasteiger partial charge in [0.1, 0.15) is 29.5 Å². The Morgan fingerprint density at radius 1 is 0.979 bits per heavy atom. The minimum atomic E-state index is -0.363. The molecule has 6 aromatic rings. The Morgan fingerprint density at radius 3 is 2.60 bits per heavy atom. The first kappa shape index (κ1) is 32.7. The number of oxazole rings is 1. The molecule has 0 radical (unpaired) electrons. The molecule has 4 aromatic heterocycles. The first-order chi connectivity index (χ1) is 23.4. The second-order valence-corrected chi connectivity index (χ2v) is 12.5. The van der Waals surface area contributed by atoms with Gasteiger partial charge in [-0.05, 0) is 74.4 Å². The number of para-hydroxylation sites is 1. The van der Waals surface area contributed by atoms with E-state index >= 15 is 0 Å². The number of aromatic nitrogens is 4. The Balaban J connectivity index is 1.14. The van der Waals surface area contributed by atoms with Crippen molar-refractivity contribution in [2.45, 2.75) is 40.4 Å². The Bertz CT molecular complexity index is 2020. The van der Waals surface area contributed by atoms with E-state index in [9.17, 15) is 4.79 Å². The minimum absolute atomic E-state index is 0.170. The van der Waals surface area contributed by atoms with Gasteiger partial charge in [0.05, 0.1) is 40.5 Å². The highest BCUT2D eigenvalue weighted by Gasteiger charge is 2.18. The molecule has 0 aliphatic rings. The smallest absolute Gasteiger partial charge is 0.348 e. The van der Waals surface area contributed by atoms with Crippen LogP contribution >= 0.6 is 22.7 Å². The molecule has 0 aliphatic carbocycles. The quantitative estimate of drug-likeness (QED) is 0.105. The summed E-state index contributed by atoms with van der Waals surface area (Å²) in [6.07, 6.45) is 6.80. The first-order valence-corrected chi connectivity index (χ1v) is 17.1. The van der Waals surface area contributed by atoms with Crippen LogP contribution in [0.15, 0.2) is 76.7 Å². The average molecular weight is 683 g/mol. The third-order valence-electron chi connectivity index (χ3n) is 7.19. The van der Waals surface area contributed by atoms with Crippen LogP contribution in [-0.2, 0) is 24.4 Å². The van der Waals surface area contributed by atoms with Crippen molar-refractivity contribution in [3.8, 4) is 33.8 Å². The van der Waals surface area contributed by atoms with Crippen LogP contribution in [0.3, 0.4) is 0 Å². The van der Waals surface area contributed by atoms with Gasteiger partial charge in [0.15, 0.2) is 11.5 Å². The fourth-order valence-electron chi connectivity index (χ4n) is 4.70. The molecule has 48 heavy (non-hydrogen) atoms. The summed E-state index contributed by atoms with van der Waals surface area (Å²) in [5.74, 6) is 2.29. The van der Waals surface area contributed by atoms with Gasteiger partial charge in [0, 0.05) is 11.6 Å². The van der Waals surface area contributed by atoms with E-state index in [0.29, 0.717) is 46.2 Å². The van der Waals surface area contributed by atoms with Gasteiger partial charge in [-0.15, -0.1) is 27.8 Å². The summed E-state index contributed by atoms with van der Waals surface area (Å²) >= 11 is 2.92. The van der Waals surface area contributed by atoms with Crippen LogP contribution < -0.4 is 14.2 Å². The van der Waals surface area contributed by atoms with Crippen LogP contribution in [0.5, 0.6) is 17.4 Å². The van der Waals surface area contributed by atoms with Crippen molar-refractivity contribution in [3.63, 3.8) is 0 Å². The Hall–Kier alpha value is -5.20. The summed E-state index contributed by atoms with van der Waals surface area (Å²) in [6, 6.07) is 19.1. The second-order valence-electron chi connectivity index (χ2n) is 10.5. The van der Waals surface area contributed by atoms with Crippen molar-refractivity contribution >= 4 is 40.8 Å². The molecule has 4 heterocycles. The number of nitrogens with zero attached hydrogens (tertiary/aromatic N) is 4. The summed E-state index contributed by atoms with van der Waals surface area (Å²) in [4.78, 5) is 22.5. The van der Waals surface area contributed by atoms with Crippen LogP contribution in [0, 0.1) is 6.92 Å². The lowest BCUT2D eigenvalue weighted by Crippen LogP contribution is -2.02. The van der Waals surface area contributed by atoms with Crippen LogP contribution in [0.2, 0.25) is 0 Å². The topological polar surface area (TPSA) is 111 Å². The third-order valence-corrected chi connectivity index (χ3v) is 9.25. The van der Waals surface area contributed by atoms with E-state index in [-0.39, 0.29) is 19.2 Å². The maximum absolute atomic E-state index is 12.1. The van der Waals surface area contributed by atoms with E-state index in [1.807, 2.05) is 79.2 Å². The number of methoxy groups -OCH3 is 1. The fraction of sp³-hybridized carbons (Fsp3) is 0.222. The standard InChI is InChI=1S/C36H34N4O6S2/c1-5-33-37-26(22-47-33)14-13-25-19-40(27-10-8-7-9-11-27)39-34(25)45-20-24-12-15-29(30(18-24)42-4)44-21-28-23(3)46-35(38-28)31-16-17-32(48-31)36(41)43-6-2/h7-19,22H,5-6,20-21H2,1-4H3/b14-13+. The van der Waals surface area contributed by atoms with Gasteiger partial charge < -0.3 is 23.4 Å². The summed E-state index contributed by atoms with van der Waals surface area (Å²) < 4.78 is 30.8. The number of hydrogen-bond acceptors (Lipinski definition) is 11. The van der Waals surface area contributed by atoms with Gasteiger partial charge in [0.2, 0.25) is 11.8 Å². The molecule has 0 N–H and O–H groups in total. The normalized spacial score (nSPS) is 11.2. The summed E-state index contributed by atoms with van der Waals surface area (Å²) in [5.41, 5.74) is 4.19.